The second-order valence-corrected chi connectivity index (χ2v) is 9.62. The fourth-order valence-electron chi connectivity index (χ4n) is 4.71. The first-order valence-electron chi connectivity index (χ1n) is 10.4. The molecule has 0 bridgehead atoms. The van der Waals surface area contributed by atoms with Gasteiger partial charge in [0, 0.05) is 64.5 Å². The van der Waals surface area contributed by atoms with E-state index in [1.807, 2.05) is 11.9 Å². The van der Waals surface area contributed by atoms with Gasteiger partial charge in [-0.05, 0) is 68.1 Å². The van der Waals surface area contributed by atoms with Crippen LogP contribution in [0.25, 0.3) is 22.2 Å². The molecule has 0 aliphatic carbocycles. The molecular weight excluding hydrogens is 364 g/mol. The Hall–Kier alpha value is -1.95. The van der Waals surface area contributed by atoms with E-state index in [4.69, 9.17) is 0 Å². The molecule has 144 valence electrons. The number of aromatic nitrogens is 1. The summed E-state index contributed by atoms with van der Waals surface area (Å²) in [4.78, 5) is 7.60. The average Bonchev–Trinajstić information content (AvgIpc) is 3.29. The molecule has 2 N–H and O–H groups in total. The summed E-state index contributed by atoms with van der Waals surface area (Å²) >= 11 is 1.90. The molecule has 2 aromatic carbocycles. The number of rotatable bonds is 4. The highest BCUT2D eigenvalue weighted by atomic mass is 32.2. The van der Waals surface area contributed by atoms with Gasteiger partial charge in [0.05, 0.1) is 0 Å². The van der Waals surface area contributed by atoms with Crippen molar-refractivity contribution < 1.29 is 0 Å². The van der Waals surface area contributed by atoms with Crippen molar-refractivity contribution in [1.82, 2.24) is 14.6 Å². The van der Waals surface area contributed by atoms with Crippen LogP contribution in [0.3, 0.4) is 0 Å². The zero-order valence-electron chi connectivity index (χ0n) is 16.1. The standard InChI is InChI=1S/C23H26N4S/c1-2-5-20-17(4-1)14-21(25-20)19-15-18(28-27-11-3-12-27)6-7-22(19)26-13-9-23(16-26)8-10-24-23/h1-2,4-7,14-15,24-25H,3,8-13,16H2. The Labute approximate surface area is 170 Å². The molecule has 3 aromatic rings. The fourth-order valence-corrected chi connectivity index (χ4v) is 5.75. The van der Waals surface area contributed by atoms with Crippen LogP contribution in [0.1, 0.15) is 19.3 Å². The van der Waals surface area contributed by atoms with Crippen LogP contribution in [0.15, 0.2) is 53.4 Å². The fraction of sp³-hybridized carbons (Fsp3) is 0.391. The third kappa shape index (κ3) is 2.84. The lowest BCUT2D eigenvalue weighted by Gasteiger charge is -2.40. The molecule has 5 heteroatoms. The summed E-state index contributed by atoms with van der Waals surface area (Å²) in [7, 11) is 0. The molecule has 6 rings (SSSR count). The normalized spacial score (nSPS) is 24.6. The number of para-hydroxylation sites is 1. The van der Waals surface area contributed by atoms with E-state index in [9.17, 15) is 0 Å². The SMILES string of the molecule is c1ccc2[nH]c(-c3cc(SN4CCC4)ccc3N3CCC4(CCN4)C3)cc2c1. The van der Waals surface area contributed by atoms with Gasteiger partial charge in [0.2, 0.25) is 0 Å². The van der Waals surface area contributed by atoms with Crippen LogP contribution in [0, 0.1) is 0 Å². The summed E-state index contributed by atoms with van der Waals surface area (Å²) in [5.74, 6) is 0. The van der Waals surface area contributed by atoms with E-state index < -0.39 is 0 Å². The summed E-state index contributed by atoms with van der Waals surface area (Å²) in [6, 6.07) is 17.9. The van der Waals surface area contributed by atoms with Crippen molar-refractivity contribution in [2.24, 2.45) is 0 Å². The molecule has 0 amide bonds. The summed E-state index contributed by atoms with van der Waals surface area (Å²) < 4.78 is 2.45. The number of nitrogens with one attached hydrogen (secondary N) is 2. The van der Waals surface area contributed by atoms with Crippen molar-refractivity contribution in [3.8, 4) is 11.3 Å². The maximum Gasteiger partial charge on any atom is 0.0486 e. The Morgan fingerprint density at radius 3 is 2.57 bits per heavy atom. The number of anilines is 1. The zero-order valence-corrected chi connectivity index (χ0v) is 16.9. The number of aromatic amines is 1. The van der Waals surface area contributed by atoms with Gasteiger partial charge in [0.25, 0.3) is 0 Å². The highest BCUT2D eigenvalue weighted by Crippen LogP contribution is 2.41. The number of fused-ring (bicyclic) bond motifs is 1. The van der Waals surface area contributed by atoms with Crippen LogP contribution >= 0.6 is 11.9 Å². The van der Waals surface area contributed by atoms with Crippen molar-refractivity contribution >= 4 is 28.5 Å². The van der Waals surface area contributed by atoms with Crippen LogP contribution in [0.4, 0.5) is 5.69 Å². The van der Waals surface area contributed by atoms with Gasteiger partial charge in [-0.3, -0.25) is 0 Å². The first-order chi connectivity index (χ1) is 13.8. The number of hydrogen-bond donors (Lipinski definition) is 2. The number of H-pyrrole nitrogens is 1. The smallest absolute Gasteiger partial charge is 0.0486 e. The molecule has 1 atom stereocenters. The highest BCUT2D eigenvalue weighted by molar-refractivity contribution is 7.97. The Kier molecular flexibility index (Phi) is 3.96. The Morgan fingerprint density at radius 2 is 1.86 bits per heavy atom. The summed E-state index contributed by atoms with van der Waals surface area (Å²) in [6.07, 6.45) is 3.89. The van der Waals surface area contributed by atoms with Crippen molar-refractivity contribution in [3.63, 3.8) is 0 Å². The Morgan fingerprint density at radius 1 is 0.964 bits per heavy atom. The van der Waals surface area contributed by atoms with Crippen molar-refractivity contribution in [1.29, 1.82) is 0 Å². The van der Waals surface area contributed by atoms with Gasteiger partial charge in [-0.2, -0.15) is 0 Å². The van der Waals surface area contributed by atoms with Gasteiger partial charge in [-0.25, -0.2) is 4.31 Å². The highest BCUT2D eigenvalue weighted by Gasteiger charge is 2.43. The second-order valence-electron chi connectivity index (χ2n) is 8.45. The molecule has 3 fully saturated rings. The minimum absolute atomic E-state index is 0.364. The Bertz CT molecular complexity index is 985. The third-order valence-corrected chi connectivity index (χ3v) is 7.72. The first kappa shape index (κ1) is 17.0. The maximum absolute atomic E-state index is 3.69. The molecule has 0 radical (unpaired) electrons. The molecule has 1 spiro atoms. The van der Waals surface area contributed by atoms with Crippen LogP contribution in [-0.2, 0) is 0 Å². The second kappa shape index (κ2) is 6.55. The molecule has 4 heterocycles. The lowest BCUT2D eigenvalue weighted by Crippen LogP contribution is -2.58. The van der Waals surface area contributed by atoms with E-state index in [1.54, 1.807) is 0 Å². The van der Waals surface area contributed by atoms with Crippen molar-refractivity contribution in [3.05, 3.63) is 48.5 Å². The van der Waals surface area contributed by atoms with Crippen molar-refractivity contribution in [2.75, 3.05) is 37.6 Å². The number of benzene rings is 2. The first-order valence-corrected chi connectivity index (χ1v) is 11.2. The van der Waals surface area contributed by atoms with Gasteiger partial charge in [0.1, 0.15) is 0 Å². The molecule has 4 nitrogen and oxygen atoms in total. The minimum Gasteiger partial charge on any atom is -0.369 e. The van der Waals surface area contributed by atoms with Gasteiger partial charge in [-0.15, -0.1) is 0 Å². The lowest BCUT2D eigenvalue weighted by molar-refractivity contribution is 0.235. The summed E-state index contributed by atoms with van der Waals surface area (Å²) in [6.45, 7) is 5.84. The third-order valence-electron chi connectivity index (χ3n) is 6.64. The van der Waals surface area contributed by atoms with Gasteiger partial charge < -0.3 is 15.2 Å². The Balaban J connectivity index is 1.40. The lowest BCUT2D eigenvalue weighted by atomic mass is 9.87. The van der Waals surface area contributed by atoms with E-state index in [0.717, 1.165) is 13.1 Å². The number of nitrogens with zero attached hydrogens (tertiary/aromatic N) is 2. The molecule has 1 aromatic heterocycles. The van der Waals surface area contributed by atoms with E-state index in [0.29, 0.717) is 5.54 Å². The molecule has 3 saturated heterocycles. The van der Waals surface area contributed by atoms with Crippen LogP contribution < -0.4 is 10.2 Å². The van der Waals surface area contributed by atoms with Gasteiger partial charge in [-0.1, -0.05) is 18.2 Å². The summed E-state index contributed by atoms with van der Waals surface area (Å²) in [5.41, 5.74) is 5.50. The predicted octanol–water partition coefficient (Wildman–Crippen LogP) is 4.49. The van der Waals surface area contributed by atoms with Gasteiger partial charge >= 0.3 is 0 Å². The maximum atomic E-state index is 3.69. The zero-order chi connectivity index (χ0) is 18.6. The van der Waals surface area contributed by atoms with E-state index in [-0.39, 0.29) is 0 Å². The van der Waals surface area contributed by atoms with Crippen LogP contribution in [0.2, 0.25) is 0 Å². The molecule has 3 aliphatic heterocycles. The van der Waals surface area contributed by atoms with Gasteiger partial charge in [0.15, 0.2) is 0 Å². The quantitative estimate of drug-likeness (QED) is 0.643. The largest absolute Gasteiger partial charge is 0.369 e. The van der Waals surface area contributed by atoms with E-state index >= 15 is 0 Å². The van der Waals surface area contributed by atoms with E-state index in [2.05, 4.69) is 68.0 Å². The monoisotopic (exact) mass is 390 g/mol. The minimum atomic E-state index is 0.364. The van der Waals surface area contributed by atoms with Crippen molar-refractivity contribution in [2.45, 2.75) is 29.7 Å². The topological polar surface area (TPSA) is 34.3 Å². The predicted molar refractivity (Wildman–Crippen MR) is 118 cm³/mol. The summed E-state index contributed by atoms with van der Waals surface area (Å²) in [5, 5.41) is 4.97. The molecule has 28 heavy (non-hydrogen) atoms. The molecule has 1 unspecified atom stereocenters. The molecular formula is C23H26N4S. The van der Waals surface area contributed by atoms with Crippen LogP contribution in [0.5, 0.6) is 0 Å². The number of hydrogen-bond acceptors (Lipinski definition) is 4. The average molecular weight is 391 g/mol. The molecule has 0 saturated carbocycles. The molecule has 3 aliphatic rings. The van der Waals surface area contributed by atoms with Crippen LogP contribution in [-0.4, -0.2) is 47.6 Å². The van der Waals surface area contributed by atoms with E-state index in [1.165, 1.54) is 71.6 Å².